The number of piperidine rings is 3. The number of hydrogen-bond acceptors (Lipinski definition) is 2. The van der Waals surface area contributed by atoms with E-state index in [2.05, 4.69) is 4.90 Å². The second-order valence-corrected chi connectivity index (χ2v) is 7.93. The lowest BCUT2D eigenvalue weighted by molar-refractivity contribution is -0.00359. The summed E-state index contributed by atoms with van der Waals surface area (Å²) in [6, 6.07) is 13.8. The van der Waals surface area contributed by atoms with Crippen molar-refractivity contribution in [2.75, 3.05) is 19.6 Å². The molecular weight excluding hydrogens is 346 g/mol. The van der Waals surface area contributed by atoms with Gasteiger partial charge in [0.1, 0.15) is 0 Å². The highest BCUT2D eigenvalue weighted by Crippen LogP contribution is 2.47. The van der Waals surface area contributed by atoms with Crippen molar-refractivity contribution in [3.63, 3.8) is 0 Å². The van der Waals surface area contributed by atoms with Crippen molar-refractivity contribution < 1.29 is 13.6 Å². The molecule has 0 spiro atoms. The van der Waals surface area contributed by atoms with Crippen molar-refractivity contribution in [2.45, 2.75) is 30.8 Å². The summed E-state index contributed by atoms with van der Waals surface area (Å²) < 4.78 is 28.5. The van der Waals surface area contributed by atoms with Crippen LogP contribution in [0.5, 0.6) is 0 Å². The van der Waals surface area contributed by atoms with Gasteiger partial charge < -0.3 is 4.90 Å². The Morgan fingerprint density at radius 1 is 0.926 bits per heavy atom. The molecule has 4 heterocycles. The highest BCUT2D eigenvalue weighted by atomic mass is 19.2. The molecule has 4 saturated heterocycles. The molecule has 0 aliphatic carbocycles. The summed E-state index contributed by atoms with van der Waals surface area (Å²) in [4.78, 5) is 17.6. The number of benzene rings is 2. The predicted octanol–water partition coefficient (Wildman–Crippen LogP) is 3.67. The first-order chi connectivity index (χ1) is 13.1. The Labute approximate surface area is 157 Å². The molecule has 0 unspecified atom stereocenters. The molecular formula is C22H22F2N2O. The maximum Gasteiger partial charge on any atom is 0.254 e. The quantitative estimate of drug-likeness (QED) is 0.808. The van der Waals surface area contributed by atoms with Gasteiger partial charge in [-0.05, 0) is 55.6 Å². The van der Waals surface area contributed by atoms with Crippen LogP contribution in [0.25, 0.3) is 0 Å². The zero-order valence-corrected chi connectivity index (χ0v) is 15.0. The van der Waals surface area contributed by atoms with E-state index in [1.165, 1.54) is 0 Å². The van der Waals surface area contributed by atoms with Crippen LogP contribution in [0.3, 0.4) is 0 Å². The summed E-state index contributed by atoms with van der Waals surface area (Å²) in [7, 11) is 0. The molecule has 0 aromatic heterocycles. The third kappa shape index (κ3) is 2.59. The van der Waals surface area contributed by atoms with E-state index >= 15 is 0 Å². The van der Waals surface area contributed by atoms with Gasteiger partial charge in [0, 0.05) is 24.1 Å². The molecule has 1 amide bonds. The van der Waals surface area contributed by atoms with Gasteiger partial charge in [-0.1, -0.05) is 30.3 Å². The number of carbonyl (C=O) groups excluding carboxylic acids is 1. The van der Waals surface area contributed by atoms with Gasteiger partial charge in [-0.15, -0.1) is 0 Å². The molecule has 0 N–H and O–H groups in total. The standard InChI is InChI=1S/C22H22F2N2O/c23-18-8-4-7-16(19(18)24)17-13-26(22(27)15-5-2-1-3-6-15)20-14-9-11-25(12-10-14)21(17)20/h1-8,14,17,20-21H,9-13H2/t17-,20+,21+/m1/s1. The Balaban J connectivity index is 1.56. The minimum absolute atomic E-state index is 0.00124. The van der Waals surface area contributed by atoms with Crippen molar-refractivity contribution in [3.8, 4) is 0 Å². The summed E-state index contributed by atoms with van der Waals surface area (Å²) in [6.45, 7) is 2.40. The van der Waals surface area contributed by atoms with E-state index in [0.717, 1.165) is 32.0 Å². The fourth-order valence-corrected chi connectivity index (χ4v) is 5.48. The lowest BCUT2D eigenvalue weighted by Crippen LogP contribution is -2.60. The number of halogens is 2. The third-order valence-corrected chi connectivity index (χ3v) is 6.66. The Morgan fingerprint density at radius 3 is 2.41 bits per heavy atom. The second-order valence-electron chi connectivity index (χ2n) is 7.93. The Hall–Kier alpha value is -2.27. The van der Waals surface area contributed by atoms with Crippen molar-refractivity contribution in [1.29, 1.82) is 0 Å². The van der Waals surface area contributed by atoms with E-state index in [1.807, 2.05) is 35.2 Å². The average Bonchev–Trinajstić information content (AvgIpc) is 3.14. The summed E-state index contributed by atoms with van der Waals surface area (Å²) in [5.41, 5.74) is 1.06. The number of amides is 1. The number of carbonyl (C=O) groups is 1. The maximum absolute atomic E-state index is 14.6. The van der Waals surface area contributed by atoms with Gasteiger partial charge in [0.05, 0.1) is 6.04 Å². The maximum atomic E-state index is 14.6. The van der Waals surface area contributed by atoms with Gasteiger partial charge in [-0.2, -0.15) is 0 Å². The van der Waals surface area contributed by atoms with Crippen LogP contribution in [0.4, 0.5) is 8.78 Å². The van der Waals surface area contributed by atoms with Crippen molar-refractivity contribution in [2.24, 2.45) is 5.92 Å². The number of rotatable bonds is 2. The van der Waals surface area contributed by atoms with Gasteiger partial charge in [-0.3, -0.25) is 9.69 Å². The van der Waals surface area contributed by atoms with E-state index in [1.54, 1.807) is 12.1 Å². The largest absolute Gasteiger partial charge is 0.333 e. The SMILES string of the molecule is O=C(c1ccccc1)N1C[C@H](c2cccc(F)c2F)[C@H]2[C@@H]1C1CCN2CC1. The molecule has 27 heavy (non-hydrogen) atoms. The molecule has 4 aliphatic rings. The molecule has 2 aromatic carbocycles. The molecule has 0 saturated carbocycles. The predicted molar refractivity (Wildman–Crippen MR) is 98.5 cm³/mol. The molecule has 3 nitrogen and oxygen atoms in total. The van der Waals surface area contributed by atoms with Crippen molar-refractivity contribution in [3.05, 3.63) is 71.3 Å². The minimum Gasteiger partial charge on any atom is -0.333 e. The molecule has 2 aromatic rings. The Morgan fingerprint density at radius 2 is 1.67 bits per heavy atom. The van der Waals surface area contributed by atoms with E-state index in [4.69, 9.17) is 0 Å². The summed E-state index contributed by atoms with van der Waals surface area (Å²) in [6.07, 6.45) is 2.14. The van der Waals surface area contributed by atoms with Crippen LogP contribution in [0, 0.1) is 17.6 Å². The van der Waals surface area contributed by atoms with Crippen LogP contribution in [-0.2, 0) is 0 Å². The van der Waals surface area contributed by atoms with Crippen LogP contribution in [0.15, 0.2) is 48.5 Å². The van der Waals surface area contributed by atoms with Crippen LogP contribution in [0.2, 0.25) is 0 Å². The molecule has 5 heteroatoms. The number of nitrogens with zero attached hydrogens (tertiary/aromatic N) is 2. The smallest absolute Gasteiger partial charge is 0.254 e. The summed E-state index contributed by atoms with van der Waals surface area (Å²) >= 11 is 0. The van der Waals surface area contributed by atoms with E-state index in [9.17, 15) is 13.6 Å². The number of fused-ring (bicyclic) bond motifs is 2. The number of likely N-dealkylation sites (tertiary alicyclic amines) is 1. The van der Waals surface area contributed by atoms with Crippen LogP contribution < -0.4 is 0 Å². The molecule has 4 fully saturated rings. The van der Waals surface area contributed by atoms with Crippen LogP contribution >= 0.6 is 0 Å². The van der Waals surface area contributed by atoms with Crippen molar-refractivity contribution in [1.82, 2.24) is 9.80 Å². The average molecular weight is 368 g/mol. The fourth-order valence-electron chi connectivity index (χ4n) is 5.48. The monoisotopic (exact) mass is 368 g/mol. The molecule has 0 radical (unpaired) electrons. The van der Waals surface area contributed by atoms with Crippen molar-refractivity contribution >= 4 is 5.91 Å². The van der Waals surface area contributed by atoms with E-state index in [-0.39, 0.29) is 23.9 Å². The normalized spacial score (nSPS) is 31.8. The topological polar surface area (TPSA) is 23.6 Å². The third-order valence-electron chi connectivity index (χ3n) is 6.66. The highest BCUT2D eigenvalue weighted by molar-refractivity contribution is 5.94. The molecule has 140 valence electrons. The van der Waals surface area contributed by atoms with Gasteiger partial charge in [0.2, 0.25) is 0 Å². The molecule has 6 rings (SSSR count). The zero-order valence-electron chi connectivity index (χ0n) is 15.0. The summed E-state index contributed by atoms with van der Waals surface area (Å²) in [5.74, 6) is -1.33. The van der Waals surface area contributed by atoms with Gasteiger partial charge in [0.15, 0.2) is 11.6 Å². The first-order valence-corrected chi connectivity index (χ1v) is 9.69. The fraction of sp³-hybridized carbons (Fsp3) is 0.409. The van der Waals surface area contributed by atoms with Crippen LogP contribution in [-0.4, -0.2) is 47.4 Å². The highest BCUT2D eigenvalue weighted by Gasteiger charge is 2.55. The van der Waals surface area contributed by atoms with Gasteiger partial charge in [-0.25, -0.2) is 8.78 Å². The molecule has 2 bridgehead atoms. The van der Waals surface area contributed by atoms with Gasteiger partial charge >= 0.3 is 0 Å². The first kappa shape index (κ1) is 16.9. The minimum atomic E-state index is -0.812. The van der Waals surface area contributed by atoms with E-state index in [0.29, 0.717) is 23.6 Å². The van der Waals surface area contributed by atoms with Crippen LogP contribution in [0.1, 0.15) is 34.7 Å². The lowest BCUT2D eigenvalue weighted by Gasteiger charge is -2.51. The number of hydrogen-bond donors (Lipinski definition) is 0. The first-order valence-electron chi connectivity index (χ1n) is 9.69. The second kappa shape index (κ2) is 6.41. The summed E-state index contributed by atoms with van der Waals surface area (Å²) in [5, 5.41) is 0. The van der Waals surface area contributed by atoms with Gasteiger partial charge in [0.25, 0.3) is 5.91 Å². The molecule has 4 aliphatic heterocycles. The Bertz CT molecular complexity index is 864. The zero-order chi connectivity index (χ0) is 18.5. The lowest BCUT2D eigenvalue weighted by atomic mass is 9.75. The Kier molecular flexibility index (Phi) is 4.01. The molecule has 3 atom stereocenters. The van der Waals surface area contributed by atoms with E-state index < -0.39 is 11.6 Å².